The predicted octanol–water partition coefficient (Wildman–Crippen LogP) is 7.21. The van der Waals surface area contributed by atoms with E-state index in [-0.39, 0.29) is 70.3 Å². The van der Waals surface area contributed by atoms with Crippen LogP contribution in [0.2, 0.25) is 0 Å². The van der Waals surface area contributed by atoms with Crippen molar-refractivity contribution in [1.29, 1.82) is 0 Å². The molecule has 0 heterocycles. The number of ether oxygens (including phenoxy) is 4. The van der Waals surface area contributed by atoms with Gasteiger partial charge in [0.15, 0.2) is 0 Å². The van der Waals surface area contributed by atoms with E-state index in [1.807, 2.05) is 27.7 Å². The van der Waals surface area contributed by atoms with E-state index in [0.717, 1.165) is 19.1 Å². The van der Waals surface area contributed by atoms with Crippen LogP contribution in [0.5, 0.6) is 0 Å². The van der Waals surface area contributed by atoms with Gasteiger partial charge in [0.05, 0.1) is 94.5 Å². The van der Waals surface area contributed by atoms with Crippen LogP contribution >= 0.6 is 15.5 Å². The summed E-state index contributed by atoms with van der Waals surface area (Å²) < 4.78 is 99.2. The Balaban J connectivity index is 0.000000601. The van der Waals surface area contributed by atoms with E-state index < -0.39 is 74.0 Å². The molecule has 0 spiro atoms. The zero-order chi connectivity index (χ0) is 45.5. The molecule has 20 nitrogen and oxygen atoms in total. The molecule has 0 saturated heterocycles. The Labute approximate surface area is 356 Å². The predicted molar refractivity (Wildman–Crippen MR) is 225 cm³/mol. The van der Waals surface area contributed by atoms with Crippen LogP contribution in [0.3, 0.4) is 0 Å². The second-order valence-corrected chi connectivity index (χ2v) is 18.5. The zero-order valence-electron chi connectivity index (χ0n) is 37.0. The van der Waals surface area contributed by atoms with Gasteiger partial charge in [-0.25, -0.2) is 28.9 Å². The van der Waals surface area contributed by atoms with Crippen molar-refractivity contribution in [2.75, 3.05) is 45.9 Å². The molecule has 2 aliphatic rings. The van der Waals surface area contributed by atoms with E-state index in [1.165, 1.54) is 0 Å². The molecule has 0 radical (unpaired) electrons. The van der Waals surface area contributed by atoms with Crippen molar-refractivity contribution in [1.82, 2.24) is 10.2 Å². The highest BCUT2D eigenvalue weighted by molar-refractivity contribution is 7.86. The summed E-state index contributed by atoms with van der Waals surface area (Å²) in [5.74, 6) is -1.07. The summed E-state index contributed by atoms with van der Waals surface area (Å²) in [6.07, 6.45) is 4.19. The zero-order valence-corrected chi connectivity index (χ0v) is 39.6. The van der Waals surface area contributed by atoms with Gasteiger partial charge >= 0.3 is 27.4 Å². The molecule has 2 N–H and O–H groups in total. The summed E-state index contributed by atoms with van der Waals surface area (Å²) in [5.41, 5.74) is 9.64. The first-order chi connectivity index (χ1) is 28.4. The smallest absolute Gasteiger partial charge is 0.405 e. The number of nitrogens with one attached hydrogen (secondary N) is 2. The molecule has 0 aromatic carbocycles. The van der Waals surface area contributed by atoms with Crippen molar-refractivity contribution in [3.05, 3.63) is 33.7 Å². The molecular weight excluding hydrogens is 848 g/mol. The number of azide groups is 1. The highest BCUT2D eigenvalue weighted by Gasteiger charge is 2.44. The lowest BCUT2D eigenvalue weighted by molar-refractivity contribution is -0.140. The molecule has 0 amide bonds. The number of hydrogen-bond acceptors (Lipinski definition) is 16. The minimum atomic E-state index is -3.91. The quantitative estimate of drug-likeness (QED) is 0.0206. The SMILES string of the molecule is CCOC(=O)C1=C[C@@H](OC(CC)CC)[C@H](NP(=O)(OCC)OCC)[C@@H](N=[N+]=[N-])C1.CCOC(=O)C1=C[C@@H](OC(CC)CC)[C@H](NP(=O)(OCC)OCC)[C@H](OS(C)(=O)=O)C1. The van der Waals surface area contributed by atoms with Gasteiger partial charge in [0.25, 0.3) is 10.1 Å². The molecule has 0 aliphatic heterocycles. The first kappa shape index (κ1) is 55.8. The second-order valence-electron chi connectivity index (χ2n) is 13.4. The largest absolute Gasteiger partial charge is 0.463 e. The highest BCUT2D eigenvalue weighted by atomic mass is 32.2. The molecule has 23 heteroatoms. The average molecular weight is 918 g/mol. The molecule has 348 valence electrons. The molecule has 6 atom stereocenters. The van der Waals surface area contributed by atoms with Gasteiger partial charge in [-0.05, 0) is 91.3 Å². The second kappa shape index (κ2) is 28.5. The minimum absolute atomic E-state index is 0.0788. The summed E-state index contributed by atoms with van der Waals surface area (Å²) in [7, 11) is -11.4. The van der Waals surface area contributed by atoms with E-state index in [9.17, 15) is 27.1 Å². The standard InChI is InChI=1S/C19H36NO9PS.C18H33N4O6P/c1-7-15(8-2)28-16-12-14(19(21)25-9-3)13-17(29-31(6,23)24)18(16)20-30(22,26-10-4)27-11-5;1-6-14(7-2)28-16-12-13(18(23)25-8-3)11-15(20-22-19)17(16)21-29(24,26-9-4)27-10-5/h12,15-18H,7-11,13H2,1-6H3,(H,20,22);12,14-17H,6-11H2,1-5H3,(H,21,24)/t16-,17-,18+;15-,16+,17+/m10/s1. The number of esters is 2. The number of hydrogen-bond donors (Lipinski definition) is 2. The molecule has 0 bridgehead atoms. The van der Waals surface area contributed by atoms with Gasteiger partial charge in [0.2, 0.25) is 0 Å². The molecule has 60 heavy (non-hydrogen) atoms. The fourth-order valence-corrected chi connectivity index (χ4v) is 10.2. The van der Waals surface area contributed by atoms with Crippen LogP contribution in [0, 0.1) is 0 Å². The monoisotopic (exact) mass is 917 g/mol. The lowest BCUT2D eigenvalue weighted by atomic mass is 9.89. The maximum Gasteiger partial charge on any atom is 0.405 e. The summed E-state index contributed by atoms with van der Waals surface area (Å²) in [5, 5.41) is 9.52. The number of nitrogens with zero attached hydrogens (tertiary/aromatic N) is 3. The Morgan fingerprint density at radius 2 is 1.08 bits per heavy atom. The van der Waals surface area contributed by atoms with Gasteiger partial charge in [-0.1, -0.05) is 32.8 Å². The normalized spacial score (nSPS) is 22.3. The summed E-state index contributed by atoms with van der Waals surface area (Å²) in [6.45, 7) is 19.0. The maximum absolute atomic E-state index is 13.2. The minimum Gasteiger partial charge on any atom is -0.463 e. The van der Waals surface area contributed by atoms with Crippen molar-refractivity contribution in [3.8, 4) is 0 Å². The van der Waals surface area contributed by atoms with Crippen molar-refractivity contribution in [2.45, 2.75) is 156 Å². The van der Waals surface area contributed by atoms with Crippen molar-refractivity contribution in [2.24, 2.45) is 5.11 Å². The Bertz CT molecular complexity index is 1620. The topological polar surface area (TPSA) is 258 Å². The fourth-order valence-electron chi connectivity index (χ4n) is 6.35. The Kier molecular flexibility index (Phi) is 26.5. The Morgan fingerprint density at radius 1 is 0.700 bits per heavy atom. The van der Waals surface area contributed by atoms with E-state index in [0.29, 0.717) is 18.4 Å². The van der Waals surface area contributed by atoms with Gasteiger partial charge in [-0.15, -0.1) is 0 Å². The third kappa shape index (κ3) is 19.0. The van der Waals surface area contributed by atoms with Crippen molar-refractivity contribution < 1.29 is 68.4 Å². The molecule has 0 saturated carbocycles. The average Bonchev–Trinajstić information content (AvgIpc) is 3.18. The molecule has 0 unspecified atom stereocenters. The molecule has 0 aromatic rings. The molecular formula is C37H69N5O15P2S. The lowest BCUT2D eigenvalue weighted by Crippen LogP contribution is -2.53. The summed E-state index contributed by atoms with van der Waals surface area (Å²) >= 11 is 0. The molecule has 0 fully saturated rings. The van der Waals surface area contributed by atoms with Gasteiger partial charge in [0.1, 0.15) is 0 Å². The highest BCUT2D eigenvalue weighted by Crippen LogP contribution is 2.47. The van der Waals surface area contributed by atoms with Crippen LogP contribution in [-0.4, -0.2) is 115 Å². The van der Waals surface area contributed by atoms with Crippen LogP contribution in [-0.2, 0) is 70.1 Å². The van der Waals surface area contributed by atoms with Crippen LogP contribution in [0.15, 0.2) is 28.4 Å². The van der Waals surface area contributed by atoms with Crippen molar-refractivity contribution in [3.63, 3.8) is 0 Å². The van der Waals surface area contributed by atoms with E-state index >= 15 is 0 Å². The first-order valence-corrected chi connectivity index (χ1v) is 25.6. The van der Waals surface area contributed by atoms with Crippen LogP contribution in [0.1, 0.15) is 108 Å². The van der Waals surface area contributed by atoms with E-state index in [4.69, 9.17) is 46.8 Å². The van der Waals surface area contributed by atoms with Crippen LogP contribution < -0.4 is 10.2 Å². The summed E-state index contributed by atoms with van der Waals surface area (Å²) in [4.78, 5) is 27.6. The lowest BCUT2D eigenvalue weighted by Gasteiger charge is -2.38. The summed E-state index contributed by atoms with van der Waals surface area (Å²) in [6, 6.07) is -2.36. The van der Waals surface area contributed by atoms with Gasteiger partial charge in [0, 0.05) is 22.5 Å². The molecule has 2 rings (SSSR count). The Morgan fingerprint density at radius 3 is 1.43 bits per heavy atom. The third-order valence-corrected chi connectivity index (χ3v) is 13.2. The van der Waals surface area contributed by atoms with Crippen LogP contribution in [0.4, 0.5) is 0 Å². The number of rotatable bonds is 27. The van der Waals surface area contributed by atoms with E-state index in [2.05, 4.69) is 20.2 Å². The van der Waals surface area contributed by atoms with Gasteiger partial charge in [-0.2, -0.15) is 8.42 Å². The maximum atomic E-state index is 13.2. The Hall–Kier alpha value is -2.22. The van der Waals surface area contributed by atoms with E-state index in [1.54, 1.807) is 53.7 Å². The first-order valence-electron chi connectivity index (χ1n) is 20.7. The van der Waals surface area contributed by atoms with Gasteiger partial charge in [-0.3, -0.25) is 22.3 Å². The third-order valence-electron chi connectivity index (χ3n) is 9.01. The molecule has 0 aromatic heterocycles. The van der Waals surface area contributed by atoms with Gasteiger partial charge < -0.3 is 18.9 Å². The van der Waals surface area contributed by atoms with Crippen LogP contribution in [0.25, 0.3) is 10.4 Å². The van der Waals surface area contributed by atoms with Crippen molar-refractivity contribution >= 4 is 37.5 Å². The number of carbonyl (C=O) groups excluding carboxylic acids is 2. The number of carbonyl (C=O) groups is 2. The fraction of sp³-hybridized carbons (Fsp3) is 0.838. The molecule has 2 aliphatic carbocycles.